The molecule has 1 N–H and O–H groups in total. The summed E-state index contributed by atoms with van der Waals surface area (Å²) in [6.07, 6.45) is 0. The Morgan fingerprint density at radius 3 is 2.44 bits per heavy atom. The summed E-state index contributed by atoms with van der Waals surface area (Å²) in [7, 11) is 0. The van der Waals surface area contributed by atoms with Crippen molar-refractivity contribution in [2.24, 2.45) is 0 Å². The molecule has 0 spiro atoms. The van der Waals surface area contributed by atoms with Gasteiger partial charge in [0.1, 0.15) is 0 Å². The van der Waals surface area contributed by atoms with Gasteiger partial charge in [-0.2, -0.15) is 0 Å². The van der Waals surface area contributed by atoms with Gasteiger partial charge in [0.25, 0.3) is 5.91 Å². The van der Waals surface area contributed by atoms with Gasteiger partial charge in [-0.25, -0.2) is 0 Å². The summed E-state index contributed by atoms with van der Waals surface area (Å²) in [6, 6.07) is 4.43. The summed E-state index contributed by atoms with van der Waals surface area (Å²) in [6.45, 7) is 1.71. The molecule has 0 unspecified atom stereocenters. The number of anilines is 1. The maximum atomic E-state index is 11.8. The second-order valence-corrected chi connectivity index (χ2v) is 4.75. The maximum absolute atomic E-state index is 11.8. The van der Waals surface area contributed by atoms with Gasteiger partial charge in [-0.05, 0) is 19.1 Å². The molecule has 0 bridgehead atoms. The second-order valence-electron chi connectivity index (χ2n) is 3.53. The minimum Gasteiger partial charge on any atom is -0.351 e. The summed E-state index contributed by atoms with van der Waals surface area (Å²) in [5, 5.41) is 7.08. The van der Waals surface area contributed by atoms with E-state index in [0.29, 0.717) is 21.4 Å². The Labute approximate surface area is 118 Å². The van der Waals surface area contributed by atoms with E-state index in [1.54, 1.807) is 6.92 Å². The summed E-state index contributed by atoms with van der Waals surface area (Å²) < 4.78 is 4.83. The Bertz CT molecular complexity index is 610. The first-order chi connectivity index (χ1) is 8.47. The van der Waals surface area contributed by atoms with E-state index in [-0.39, 0.29) is 10.8 Å². The molecule has 4 nitrogen and oxygen atoms in total. The van der Waals surface area contributed by atoms with Crippen LogP contribution in [0.5, 0.6) is 0 Å². The lowest BCUT2D eigenvalue weighted by Crippen LogP contribution is -2.11. The Morgan fingerprint density at radius 1 is 1.17 bits per heavy atom. The standard InChI is InChI=1S/C11H7Cl3N2O2/c1-5-2-10(18-16-5)11(17)15-9-4-7(13)6(12)3-8(9)14/h2-4H,1H3,(H,15,17). The third-order valence-electron chi connectivity index (χ3n) is 2.11. The van der Waals surface area contributed by atoms with Crippen LogP contribution in [0, 0.1) is 6.92 Å². The molecule has 18 heavy (non-hydrogen) atoms. The van der Waals surface area contributed by atoms with E-state index in [9.17, 15) is 4.79 Å². The summed E-state index contributed by atoms with van der Waals surface area (Å²) >= 11 is 17.6. The van der Waals surface area contributed by atoms with Gasteiger partial charge in [0.05, 0.1) is 26.4 Å². The molecular weight excluding hydrogens is 298 g/mol. The second kappa shape index (κ2) is 5.18. The number of nitrogens with one attached hydrogen (secondary N) is 1. The van der Waals surface area contributed by atoms with Crippen molar-refractivity contribution >= 4 is 46.4 Å². The average molecular weight is 306 g/mol. The number of hydrogen-bond donors (Lipinski definition) is 1. The van der Waals surface area contributed by atoms with E-state index in [1.807, 2.05) is 0 Å². The van der Waals surface area contributed by atoms with E-state index >= 15 is 0 Å². The third-order valence-corrected chi connectivity index (χ3v) is 3.14. The van der Waals surface area contributed by atoms with Crippen LogP contribution in [0.1, 0.15) is 16.2 Å². The van der Waals surface area contributed by atoms with Gasteiger partial charge in [0.15, 0.2) is 0 Å². The molecule has 1 aromatic carbocycles. The van der Waals surface area contributed by atoms with Gasteiger partial charge in [-0.1, -0.05) is 40.0 Å². The fourth-order valence-electron chi connectivity index (χ4n) is 1.27. The first-order valence-electron chi connectivity index (χ1n) is 4.86. The van der Waals surface area contributed by atoms with Crippen molar-refractivity contribution in [2.45, 2.75) is 6.92 Å². The molecule has 0 aliphatic heterocycles. The van der Waals surface area contributed by atoms with Crippen LogP contribution >= 0.6 is 34.8 Å². The van der Waals surface area contributed by atoms with Gasteiger partial charge in [-0.15, -0.1) is 0 Å². The molecule has 1 amide bonds. The number of aromatic nitrogens is 1. The van der Waals surface area contributed by atoms with Gasteiger partial charge in [0, 0.05) is 6.07 Å². The molecule has 0 atom stereocenters. The van der Waals surface area contributed by atoms with Gasteiger partial charge in [-0.3, -0.25) is 4.79 Å². The van der Waals surface area contributed by atoms with Crippen LogP contribution in [0.15, 0.2) is 22.7 Å². The number of carbonyl (C=O) groups excluding carboxylic acids is 1. The topological polar surface area (TPSA) is 55.1 Å². The highest BCUT2D eigenvalue weighted by Gasteiger charge is 2.14. The van der Waals surface area contributed by atoms with E-state index in [0.717, 1.165) is 0 Å². The molecule has 0 saturated heterocycles. The highest BCUT2D eigenvalue weighted by molar-refractivity contribution is 6.44. The molecule has 2 rings (SSSR count). The molecule has 7 heteroatoms. The molecule has 0 radical (unpaired) electrons. The summed E-state index contributed by atoms with van der Waals surface area (Å²) in [4.78, 5) is 11.8. The first kappa shape index (κ1) is 13.2. The maximum Gasteiger partial charge on any atom is 0.294 e. The zero-order valence-electron chi connectivity index (χ0n) is 9.13. The van der Waals surface area contributed by atoms with Crippen LogP contribution in [0.4, 0.5) is 5.69 Å². The van der Waals surface area contributed by atoms with E-state index in [2.05, 4.69) is 10.5 Å². The van der Waals surface area contributed by atoms with E-state index in [1.165, 1.54) is 18.2 Å². The smallest absolute Gasteiger partial charge is 0.294 e. The SMILES string of the molecule is Cc1cc(C(=O)Nc2cc(Cl)c(Cl)cc2Cl)on1. The normalized spacial score (nSPS) is 10.4. The van der Waals surface area contributed by atoms with Gasteiger partial charge < -0.3 is 9.84 Å². The van der Waals surface area contributed by atoms with Crippen LogP contribution in [0.3, 0.4) is 0 Å². The molecule has 1 aromatic heterocycles. The fraction of sp³-hybridized carbons (Fsp3) is 0.0909. The number of aryl methyl sites for hydroxylation is 1. The molecule has 94 valence electrons. The summed E-state index contributed by atoms with van der Waals surface area (Å²) in [5.41, 5.74) is 0.963. The van der Waals surface area contributed by atoms with Crippen molar-refractivity contribution in [3.63, 3.8) is 0 Å². The number of nitrogens with zero attached hydrogens (tertiary/aromatic N) is 1. The number of rotatable bonds is 2. The van der Waals surface area contributed by atoms with Crippen LogP contribution in [-0.4, -0.2) is 11.1 Å². The van der Waals surface area contributed by atoms with E-state index < -0.39 is 5.91 Å². The van der Waals surface area contributed by atoms with Crippen molar-refractivity contribution in [1.29, 1.82) is 0 Å². The lowest BCUT2D eigenvalue weighted by molar-refractivity contribution is 0.0988. The molecule has 0 fully saturated rings. The predicted octanol–water partition coefficient (Wildman–Crippen LogP) is 4.20. The zero-order chi connectivity index (χ0) is 13.3. The van der Waals surface area contributed by atoms with Crippen molar-refractivity contribution in [3.8, 4) is 0 Å². The molecule has 0 saturated carbocycles. The molecule has 0 aliphatic rings. The largest absolute Gasteiger partial charge is 0.351 e. The van der Waals surface area contributed by atoms with Crippen LogP contribution < -0.4 is 5.32 Å². The lowest BCUT2D eigenvalue weighted by atomic mass is 10.3. The third kappa shape index (κ3) is 2.77. The van der Waals surface area contributed by atoms with Gasteiger partial charge >= 0.3 is 0 Å². The quantitative estimate of drug-likeness (QED) is 0.846. The van der Waals surface area contributed by atoms with Crippen molar-refractivity contribution in [3.05, 3.63) is 44.7 Å². The first-order valence-corrected chi connectivity index (χ1v) is 6.00. The van der Waals surface area contributed by atoms with Crippen LogP contribution in [0.2, 0.25) is 15.1 Å². The molecular formula is C11H7Cl3N2O2. The fourth-order valence-corrected chi connectivity index (χ4v) is 1.87. The number of benzene rings is 1. The molecule has 2 aromatic rings. The minimum atomic E-state index is -0.462. The highest BCUT2D eigenvalue weighted by Crippen LogP contribution is 2.32. The Morgan fingerprint density at radius 2 is 1.83 bits per heavy atom. The van der Waals surface area contributed by atoms with Crippen molar-refractivity contribution in [2.75, 3.05) is 5.32 Å². The number of hydrogen-bond acceptors (Lipinski definition) is 3. The molecule has 1 heterocycles. The zero-order valence-corrected chi connectivity index (χ0v) is 11.4. The van der Waals surface area contributed by atoms with Crippen LogP contribution in [-0.2, 0) is 0 Å². The summed E-state index contributed by atoms with van der Waals surface area (Å²) in [5.74, 6) is -0.370. The highest BCUT2D eigenvalue weighted by atomic mass is 35.5. The predicted molar refractivity (Wildman–Crippen MR) is 70.7 cm³/mol. The van der Waals surface area contributed by atoms with E-state index in [4.69, 9.17) is 39.3 Å². The molecule has 0 aliphatic carbocycles. The number of amides is 1. The average Bonchev–Trinajstić information content (AvgIpc) is 2.73. The Kier molecular flexibility index (Phi) is 3.80. The number of carbonyl (C=O) groups is 1. The number of halogens is 3. The minimum absolute atomic E-state index is 0.0923. The Hall–Kier alpha value is -1.23. The lowest BCUT2D eigenvalue weighted by Gasteiger charge is -2.06. The monoisotopic (exact) mass is 304 g/mol. The van der Waals surface area contributed by atoms with Crippen LogP contribution in [0.25, 0.3) is 0 Å². The van der Waals surface area contributed by atoms with Crippen molar-refractivity contribution < 1.29 is 9.32 Å². The van der Waals surface area contributed by atoms with Crippen molar-refractivity contribution in [1.82, 2.24) is 5.16 Å². The van der Waals surface area contributed by atoms with Gasteiger partial charge in [0.2, 0.25) is 5.76 Å². The Balaban J connectivity index is 2.24.